The van der Waals surface area contributed by atoms with Crippen molar-refractivity contribution in [2.75, 3.05) is 38.2 Å². The minimum atomic E-state index is -0.828. The molecule has 5 nitrogen and oxygen atoms in total. The molecule has 1 unspecified atom stereocenters. The van der Waals surface area contributed by atoms with Crippen LogP contribution in [0.2, 0.25) is 0 Å². The molecule has 0 bridgehead atoms. The predicted molar refractivity (Wildman–Crippen MR) is 91.4 cm³/mol. The van der Waals surface area contributed by atoms with Crippen molar-refractivity contribution in [2.45, 2.75) is 6.04 Å². The molecule has 1 N–H and O–H groups in total. The second-order valence-corrected chi connectivity index (χ2v) is 6.42. The lowest BCUT2D eigenvalue weighted by molar-refractivity contribution is -0.143. The normalized spacial score (nSPS) is 16.8. The molecule has 1 aliphatic heterocycles. The maximum atomic E-state index is 13.5. The van der Waals surface area contributed by atoms with Crippen molar-refractivity contribution in [3.63, 3.8) is 0 Å². The number of rotatable bonds is 5. The maximum Gasteiger partial charge on any atom is 0.325 e. The number of aliphatic carboxylic acids is 1. The topological polar surface area (TPSA) is 53.0 Å². The molecule has 1 atom stereocenters. The summed E-state index contributed by atoms with van der Waals surface area (Å²) in [4.78, 5) is 15.8. The first-order valence-electron chi connectivity index (χ1n) is 7.67. The summed E-state index contributed by atoms with van der Waals surface area (Å²) in [6.07, 6.45) is 0. The fourth-order valence-corrected chi connectivity index (χ4v) is 3.70. The Morgan fingerprint density at radius 2 is 2.04 bits per heavy atom. The van der Waals surface area contributed by atoms with Gasteiger partial charge in [0.25, 0.3) is 0 Å². The smallest absolute Gasteiger partial charge is 0.325 e. The number of hydrogen-bond donors (Lipinski definition) is 1. The van der Waals surface area contributed by atoms with Crippen molar-refractivity contribution in [1.29, 1.82) is 0 Å². The first-order valence-corrected chi connectivity index (χ1v) is 8.62. The molecule has 1 aliphatic rings. The van der Waals surface area contributed by atoms with Gasteiger partial charge in [-0.3, -0.25) is 9.69 Å². The lowest BCUT2D eigenvalue weighted by Crippen LogP contribution is -2.49. The zero-order chi connectivity index (χ0) is 17.1. The number of ether oxygens (including phenoxy) is 1. The summed E-state index contributed by atoms with van der Waals surface area (Å²) in [6.45, 7) is 2.63. The lowest BCUT2D eigenvalue weighted by Gasteiger charge is -2.38. The van der Waals surface area contributed by atoms with Crippen LogP contribution in [0.3, 0.4) is 0 Å². The summed E-state index contributed by atoms with van der Waals surface area (Å²) in [5.74, 6) is -0.995. The number of piperazine rings is 1. The molecule has 0 radical (unpaired) electrons. The number of carboxylic acid groups (broad SMARTS) is 1. The fourth-order valence-electron chi connectivity index (χ4n) is 3.02. The highest BCUT2D eigenvalue weighted by atomic mass is 32.1. The highest BCUT2D eigenvalue weighted by Gasteiger charge is 2.30. The van der Waals surface area contributed by atoms with E-state index in [4.69, 9.17) is 4.74 Å². The Labute approximate surface area is 143 Å². The average Bonchev–Trinajstić information content (AvgIpc) is 3.10. The molecule has 2 aromatic rings. The van der Waals surface area contributed by atoms with E-state index in [9.17, 15) is 14.3 Å². The number of methoxy groups -OCH3 is 1. The molecule has 0 saturated carbocycles. The lowest BCUT2D eigenvalue weighted by atomic mass is 10.1. The molecule has 2 heterocycles. The van der Waals surface area contributed by atoms with E-state index in [-0.39, 0.29) is 11.6 Å². The summed E-state index contributed by atoms with van der Waals surface area (Å²) < 4.78 is 18.6. The molecule has 3 rings (SSSR count). The van der Waals surface area contributed by atoms with Gasteiger partial charge in [0.05, 0.1) is 7.11 Å². The standard InChI is InChI=1S/C17H19FN2O3S/c1-23-15-10-13(2-3-14(15)18)19-5-7-20(8-6-19)16(17(21)22)12-4-9-24-11-12/h2-4,9-11,16H,5-8H2,1H3,(H,21,22). The summed E-state index contributed by atoms with van der Waals surface area (Å²) in [5.41, 5.74) is 1.71. The molecule has 0 spiro atoms. The van der Waals surface area contributed by atoms with E-state index in [1.54, 1.807) is 12.1 Å². The predicted octanol–water partition coefficient (Wildman–Crippen LogP) is 2.84. The van der Waals surface area contributed by atoms with Gasteiger partial charge in [-0.2, -0.15) is 11.3 Å². The van der Waals surface area contributed by atoms with Crippen LogP contribution in [0.5, 0.6) is 5.75 Å². The first kappa shape index (κ1) is 16.7. The monoisotopic (exact) mass is 350 g/mol. The Balaban J connectivity index is 1.70. The molecule has 24 heavy (non-hydrogen) atoms. The molecule has 1 saturated heterocycles. The summed E-state index contributed by atoms with van der Waals surface area (Å²) in [5, 5.41) is 13.4. The van der Waals surface area contributed by atoms with Crippen LogP contribution in [0.4, 0.5) is 10.1 Å². The third-order valence-electron chi connectivity index (χ3n) is 4.27. The van der Waals surface area contributed by atoms with E-state index < -0.39 is 12.0 Å². The largest absolute Gasteiger partial charge is 0.494 e. The van der Waals surface area contributed by atoms with Gasteiger partial charge in [0, 0.05) is 37.9 Å². The van der Waals surface area contributed by atoms with E-state index in [0.717, 1.165) is 11.3 Å². The highest BCUT2D eigenvalue weighted by molar-refractivity contribution is 7.08. The van der Waals surface area contributed by atoms with Crippen molar-refractivity contribution in [3.05, 3.63) is 46.4 Å². The number of hydrogen-bond acceptors (Lipinski definition) is 5. The average molecular weight is 350 g/mol. The molecular weight excluding hydrogens is 331 g/mol. The number of carbonyl (C=O) groups is 1. The number of halogens is 1. The van der Waals surface area contributed by atoms with Crippen LogP contribution in [0, 0.1) is 5.82 Å². The Kier molecular flexibility index (Phi) is 5.01. The Hall–Kier alpha value is -2.12. The Morgan fingerprint density at radius 1 is 1.29 bits per heavy atom. The third-order valence-corrected chi connectivity index (χ3v) is 4.97. The van der Waals surface area contributed by atoms with E-state index in [0.29, 0.717) is 26.2 Å². The van der Waals surface area contributed by atoms with Crippen LogP contribution in [0.15, 0.2) is 35.0 Å². The van der Waals surface area contributed by atoms with Gasteiger partial charge in [-0.15, -0.1) is 0 Å². The van der Waals surface area contributed by atoms with Crippen molar-refractivity contribution in [1.82, 2.24) is 4.90 Å². The van der Waals surface area contributed by atoms with Gasteiger partial charge in [-0.1, -0.05) is 0 Å². The summed E-state index contributed by atoms with van der Waals surface area (Å²) in [6, 6.07) is 6.05. The highest BCUT2D eigenvalue weighted by Crippen LogP contribution is 2.28. The van der Waals surface area contributed by atoms with E-state index in [1.807, 2.05) is 21.7 Å². The zero-order valence-electron chi connectivity index (χ0n) is 13.3. The van der Waals surface area contributed by atoms with Gasteiger partial charge in [-0.05, 0) is 34.5 Å². The molecule has 1 fully saturated rings. The van der Waals surface area contributed by atoms with E-state index in [2.05, 4.69) is 4.90 Å². The second-order valence-electron chi connectivity index (χ2n) is 5.64. The number of carboxylic acids is 1. The molecule has 1 aromatic heterocycles. The number of thiophene rings is 1. The maximum absolute atomic E-state index is 13.5. The van der Waals surface area contributed by atoms with Crippen LogP contribution in [0.25, 0.3) is 0 Å². The first-order chi connectivity index (χ1) is 11.6. The van der Waals surface area contributed by atoms with Crippen molar-refractivity contribution in [2.24, 2.45) is 0 Å². The van der Waals surface area contributed by atoms with Gasteiger partial charge in [-0.25, -0.2) is 4.39 Å². The minimum absolute atomic E-state index is 0.219. The Morgan fingerprint density at radius 3 is 2.62 bits per heavy atom. The summed E-state index contributed by atoms with van der Waals surface area (Å²) in [7, 11) is 1.44. The van der Waals surface area contributed by atoms with Crippen molar-refractivity contribution in [3.8, 4) is 5.75 Å². The second kappa shape index (κ2) is 7.19. The minimum Gasteiger partial charge on any atom is -0.494 e. The van der Waals surface area contributed by atoms with Gasteiger partial charge < -0.3 is 14.7 Å². The van der Waals surface area contributed by atoms with Crippen LogP contribution in [0.1, 0.15) is 11.6 Å². The Bertz CT molecular complexity index is 700. The van der Waals surface area contributed by atoms with Gasteiger partial charge in [0.1, 0.15) is 6.04 Å². The van der Waals surface area contributed by atoms with Crippen LogP contribution < -0.4 is 9.64 Å². The van der Waals surface area contributed by atoms with Gasteiger partial charge in [0.15, 0.2) is 11.6 Å². The van der Waals surface area contributed by atoms with E-state index >= 15 is 0 Å². The molecule has 0 amide bonds. The van der Waals surface area contributed by atoms with Crippen LogP contribution >= 0.6 is 11.3 Å². The molecular formula is C17H19FN2O3S. The molecule has 7 heteroatoms. The third kappa shape index (κ3) is 3.37. The number of nitrogens with zero attached hydrogens (tertiary/aromatic N) is 2. The van der Waals surface area contributed by atoms with Crippen LogP contribution in [-0.2, 0) is 4.79 Å². The van der Waals surface area contributed by atoms with E-state index in [1.165, 1.54) is 24.5 Å². The SMILES string of the molecule is COc1cc(N2CCN(C(C(=O)O)c3ccsc3)CC2)ccc1F. The molecule has 0 aliphatic carbocycles. The quantitative estimate of drug-likeness (QED) is 0.899. The number of benzene rings is 1. The molecule has 128 valence electrons. The molecule has 1 aromatic carbocycles. The van der Waals surface area contributed by atoms with Gasteiger partial charge >= 0.3 is 5.97 Å². The van der Waals surface area contributed by atoms with Gasteiger partial charge in [0.2, 0.25) is 0 Å². The number of anilines is 1. The zero-order valence-corrected chi connectivity index (χ0v) is 14.1. The fraction of sp³-hybridized carbons (Fsp3) is 0.353. The van der Waals surface area contributed by atoms with Crippen molar-refractivity contribution >= 4 is 23.0 Å². The summed E-state index contributed by atoms with van der Waals surface area (Å²) >= 11 is 1.50. The van der Waals surface area contributed by atoms with Crippen molar-refractivity contribution < 1.29 is 19.0 Å². The van der Waals surface area contributed by atoms with Crippen LogP contribution in [-0.4, -0.2) is 49.3 Å².